The van der Waals surface area contributed by atoms with Crippen LogP contribution in [0.2, 0.25) is 0 Å². The molecule has 2 N–H and O–H groups in total. The van der Waals surface area contributed by atoms with Gasteiger partial charge >= 0.3 is 12.0 Å². The number of nitrogens with one attached hydrogen (secondary N) is 1. The number of urea groups is 1. The predicted octanol–water partition coefficient (Wildman–Crippen LogP) is 1.77. The van der Waals surface area contributed by atoms with E-state index in [4.69, 9.17) is 4.42 Å². The largest absolute Gasteiger partial charge is 0.480 e. The highest BCUT2D eigenvalue weighted by Crippen LogP contribution is 2.45. The molecule has 2 amide bonds. The van der Waals surface area contributed by atoms with E-state index in [2.05, 4.69) is 5.32 Å². The minimum absolute atomic E-state index is 0.00899. The number of carbonyl (C=O) groups excluding carboxylic acids is 1. The van der Waals surface area contributed by atoms with Gasteiger partial charge in [-0.15, -0.1) is 11.8 Å². The maximum atomic E-state index is 12.3. The van der Waals surface area contributed by atoms with Crippen LogP contribution < -0.4 is 5.32 Å². The lowest BCUT2D eigenvalue weighted by Gasteiger charge is -2.27. The Balaban J connectivity index is 1.58. The van der Waals surface area contributed by atoms with Crippen molar-refractivity contribution in [3.05, 3.63) is 24.2 Å². The molecule has 0 bridgehead atoms. The van der Waals surface area contributed by atoms with Gasteiger partial charge in [-0.05, 0) is 30.9 Å². The van der Waals surface area contributed by atoms with Crippen molar-refractivity contribution in [2.24, 2.45) is 5.92 Å². The molecule has 0 spiro atoms. The number of furan rings is 1. The first-order chi connectivity index (χ1) is 10.2. The Morgan fingerprint density at radius 3 is 2.90 bits per heavy atom. The van der Waals surface area contributed by atoms with Gasteiger partial charge < -0.3 is 14.8 Å². The Bertz CT molecular complexity index is 515. The molecular weight excluding hydrogens is 292 g/mol. The number of aliphatic carboxylic acids is 1. The minimum atomic E-state index is -0.924. The van der Waals surface area contributed by atoms with Gasteiger partial charge in [0.25, 0.3) is 0 Å². The normalized spacial score (nSPS) is 25.0. The van der Waals surface area contributed by atoms with E-state index in [1.165, 1.54) is 4.90 Å². The SMILES string of the molecule is O=C(O)C1CSC(C2CC2)N1C(=O)NCCc1ccco1. The fourth-order valence-corrected chi connectivity index (χ4v) is 4.19. The molecule has 1 saturated heterocycles. The molecule has 2 fully saturated rings. The number of rotatable bonds is 5. The number of carbonyl (C=O) groups is 2. The number of nitrogens with zero attached hydrogens (tertiary/aromatic N) is 1. The first kappa shape index (κ1) is 14.3. The molecule has 6 nitrogen and oxygen atoms in total. The summed E-state index contributed by atoms with van der Waals surface area (Å²) in [6, 6.07) is 2.66. The number of thioether (sulfide) groups is 1. The molecule has 7 heteroatoms. The number of carboxylic acid groups (broad SMARTS) is 1. The van der Waals surface area contributed by atoms with Crippen LogP contribution in [0.1, 0.15) is 18.6 Å². The van der Waals surface area contributed by atoms with Crippen molar-refractivity contribution >= 4 is 23.8 Å². The van der Waals surface area contributed by atoms with E-state index in [0.717, 1.165) is 18.6 Å². The topological polar surface area (TPSA) is 82.8 Å². The quantitative estimate of drug-likeness (QED) is 0.866. The Labute approximate surface area is 126 Å². The van der Waals surface area contributed by atoms with Gasteiger partial charge in [-0.1, -0.05) is 0 Å². The zero-order valence-electron chi connectivity index (χ0n) is 11.5. The average Bonchev–Trinajstić information content (AvgIpc) is 3.00. The van der Waals surface area contributed by atoms with E-state index in [0.29, 0.717) is 24.6 Å². The Morgan fingerprint density at radius 2 is 2.29 bits per heavy atom. The van der Waals surface area contributed by atoms with E-state index in [1.54, 1.807) is 24.1 Å². The lowest BCUT2D eigenvalue weighted by molar-refractivity contribution is -0.141. The van der Waals surface area contributed by atoms with Gasteiger partial charge in [0.05, 0.1) is 11.6 Å². The average molecular weight is 310 g/mol. The fraction of sp³-hybridized carbons (Fsp3) is 0.571. The highest BCUT2D eigenvalue weighted by molar-refractivity contribution is 8.00. The van der Waals surface area contributed by atoms with Gasteiger partial charge in [0.15, 0.2) is 0 Å². The highest BCUT2D eigenvalue weighted by atomic mass is 32.2. The van der Waals surface area contributed by atoms with Crippen LogP contribution in [0, 0.1) is 5.92 Å². The van der Waals surface area contributed by atoms with Gasteiger partial charge in [-0.3, -0.25) is 4.90 Å². The Morgan fingerprint density at radius 1 is 1.48 bits per heavy atom. The molecule has 0 aromatic carbocycles. The van der Waals surface area contributed by atoms with E-state index < -0.39 is 12.0 Å². The number of amides is 2. The molecule has 2 atom stereocenters. The third-order valence-corrected chi connectivity index (χ3v) is 5.27. The van der Waals surface area contributed by atoms with Crippen molar-refractivity contribution in [3.8, 4) is 0 Å². The highest BCUT2D eigenvalue weighted by Gasteiger charge is 2.47. The van der Waals surface area contributed by atoms with E-state index in [9.17, 15) is 14.7 Å². The van der Waals surface area contributed by atoms with Gasteiger partial charge in [-0.25, -0.2) is 9.59 Å². The molecule has 1 aliphatic heterocycles. The molecular formula is C14H18N2O4S. The third-order valence-electron chi connectivity index (χ3n) is 3.81. The van der Waals surface area contributed by atoms with Gasteiger partial charge in [0, 0.05) is 18.7 Å². The molecule has 21 heavy (non-hydrogen) atoms. The number of hydrogen-bond donors (Lipinski definition) is 2. The molecule has 3 rings (SSSR count). The summed E-state index contributed by atoms with van der Waals surface area (Å²) in [6.45, 7) is 0.442. The molecule has 0 radical (unpaired) electrons. The van der Waals surface area contributed by atoms with Crippen LogP contribution in [-0.2, 0) is 11.2 Å². The van der Waals surface area contributed by atoms with Crippen LogP contribution in [0.4, 0.5) is 4.79 Å². The predicted molar refractivity (Wildman–Crippen MR) is 78.0 cm³/mol. The summed E-state index contributed by atoms with van der Waals surface area (Å²) in [5.74, 6) is 0.809. The summed E-state index contributed by atoms with van der Waals surface area (Å²) in [5, 5.41) is 12.1. The maximum absolute atomic E-state index is 12.3. The van der Waals surface area contributed by atoms with Crippen molar-refractivity contribution < 1.29 is 19.1 Å². The summed E-state index contributed by atoms with van der Waals surface area (Å²) in [6.07, 6.45) is 4.36. The van der Waals surface area contributed by atoms with Gasteiger partial charge in [0.2, 0.25) is 0 Å². The molecule has 1 saturated carbocycles. The zero-order chi connectivity index (χ0) is 14.8. The number of hydrogen-bond acceptors (Lipinski definition) is 4. The van der Waals surface area contributed by atoms with Crippen LogP contribution in [0.25, 0.3) is 0 Å². The molecule has 1 aromatic rings. The lowest BCUT2D eigenvalue weighted by atomic mass is 10.2. The van der Waals surface area contributed by atoms with Crippen LogP contribution in [0.15, 0.2) is 22.8 Å². The van der Waals surface area contributed by atoms with E-state index >= 15 is 0 Å². The molecule has 2 aliphatic rings. The van der Waals surface area contributed by atoms with Crippen LogP contribution in [-0.4, -0.2) is 45.7 Å². The number of carboxylic acids is 1. The van der Waals surface area contributed by atoms with Crippen molar-refractivity contribution in [2.75, 3.05) is 12.3 Å². The summed E-state index contributed by atoms with van der Waals surface area (Å²) in [5.41, 5.74) is 0. The fourth-order valence-electron chi connectivity index (χ4n) is 2.56. The molecule has 1 aliphatic carbocycles. The summed E-state index contributed by atoms with van der Waals surface area (Å²) in [7, 11) is 0. The third kappa shape index (κ3) is 3.18. The van der Waals surface area contributed by atoms with Crippen LogP contribution >= 0.6 is 11.8 Å². The maximum Gasteiger partial charge on any atom is 0.327 e. The second-order valence-corrected chi connectivity index (χ2v) is 6.53. The van der Waals surface area contributed by atoms with E-state index in [1.807, 2.05) is 6.07 Å². The zero-order valence-corrected chi connectivity index (χ0v) is 12.3. The standard InChI is InChI=1S/C14H18N2O4S/c17-13(18)11-8-21-12(9-3-4-9)16(11)14(19)15-6-5-10-2-1-7-20-10/h1-2,7,9,11-12H,3-6,8H2,(H,15,19)(H,17,18). The van der Waals surface area contributed by atoms with E-state index in [-0.39, 0.29) is 11.4 Å². The molecule has 2 heterocycles. The molecule has 2 unspecified atom stereocenters. The second-order valence-electron chi connectivity index (χ2n) is 5.38. The first-order valence-electron chi connectivity index (χ1n) is 7.10. The Hall–Kier alpha value is -1.63. The summed E-state index contributed by atoms with van der Waals surface area (Å²) < 4.78 is 5.21. The van der Waals surface area contributed by atoms with Crippen LogP contribution in [0.3, 0.4) is 0 Å². The second kappa shape index (κ2) is 6.01. The lowest BCUT2D eigenvalue weighted by Crippen LogP contribution is -2.51. The van der Waals surface area contributed by atoms with Crippen molar-refractivity contribution in [1.29, 1.82) is 0 Å². The first-order valence-corrected chi connectivity index (χ1v) is 8.14. The smallest absolute Gasteiger partial charge is 0.327 e. The Kier molecular flexibility index (Phi) is 4.10. The summed E-state index contributed by atoms with van der Waals surface area (Å²) in [4.78, 5) is 25.2. The van der Waals surface area contributed by atoms with Gasteiger partial charge in [-0.2, -0.15) is 0 Å². The van der Waals surface area contributed by atoms with Crippen LogP contribution in [0.5, 0.6) is 0 Å². The van der Waals surface area contributed by atoms with Crippen molar-refractivity contribution in [1.82, 2.24) is 10.2 Å². The monoisotopic (exact) mass is 310 g/mol. The van der Waals surface area contributed by atoms with Crippen molar-refractivity contribution in [3.63, 3.8) is 0 Å². The minimum Gasteiger partial charge on any atom is -0.480 e. The molecule has 1 aromatic heterocycles. The molecule has 114 valence electrons. The van der Waals surface area contributed by atoms with Gasteiger partial charge in [0.1, 0.15) is 11.8 Å². The summed E-state index contributed by atoms with van der Waals surface area (Å²) >= 11 is 1.58. The van der Waals surface area contributed by atoms with Crippen molar-refractivity contribution in [2.45, 2.75) is 30.7 Å².